The summed E-state index contributed by atoms with van der Waals surface area (Å²) in [4.78, 5) is 16.1. The second-order valence-electron chi connectivity index (χ2n) is 9.27. The molecule has 0 radical (unpaired) electrons. The van der Waals surface area contributed by atoms with Crippen molar-refractivity contribution >= 4 is 29.1 Å². The van der Waals surface area contributed by atoms with Gasteiger partial charge in [-0.15, -0.1) is 6.58 Å². The van der Waals surface area contributed by atoms with Crippen LogP contribution in [0.25, 0.3) is 0 Å². The highest BCUT2D eigenvalue weighted by Gasteiger charge is 2.53. The zero-order chi connectivity index (χ0) is 22.2. The summed E-state index contributed by atoms with van der Waals surface area (Å²) in [6, 6.07) is 15.8. The molecule has 1 aliphatic heterocycles. The number of nitrogens with two attached hydrogens (primary N) is 1. The fourth-order valence-corrected chi connectivity index (χ4v) is 5.59. The number of halogens is 2. The van der Waals surface area contributed by atoms with Crippen LogP contribution in [0.15, 0.2) is 61.2 Å². The van der Waals surface area contributed by atoms with Crippen LogP contribution < -0.4 is 5.73 Å². The number of amides is 1. The molecule has 2 fully saturated rings. The fraction of sp³-hybridized carbons (Fsp3) is 0.423. The second kappa shape index (κ2) is 8.97. The second-order valence-corrected chi connectivity index (χ2v) is 10.1. The highest BCUT2D eigenvalue weighted by molar-refractivity contribution is 6.30. The van der Waals surface area contributed by atoms with Gasteiger partial charge in [0.05, 0.1) is 11.5 Å². The Kier molecular flexibility index (Phi) is 6.48. The van der Waals surface area contributed by atoms with E-state index in [1.54, 1.807) is 0 Å². The maximum atomic E-state index is 14.0. The monoisotopic (exact) mass is 456 g/mol. The third-order valence-electron chi connectivity index (χ3n) is 6.95. The van der Waals surface area contributed by atoms with Gasteiger partial charge in [-0.3, -0.25) is 4.79 Å². The van der Waals surface area contributed by atoms with E-state index in [0.29, 0.717) is 28.9 Å². The summed E-state index contributed by atoms with van der Waals surface area (Å²) in [5, 5.41) is 1.39. The normalized spacial score (nSPS) is 27.2. The first-order valence-electron chi connectivity index (χ1n) is 11.0. The Labute approximate surface area is 195 Å². The average Bonchev–Trinajstić information content (AvgIpc) is 3.58. The van der Waals surface area contributed by atoms with Crippen LogP contribution in [0.3, 0.4) is 0 Å². The van der Waals surface area contributed by atoms with Crippen molar-refractivity contribution in [3.63, 3.8) is 0 Å². The molecule has 0 bridgehead atoms. The van der Waals surface area contributed by atoms with Crippen LogP contribution in [0, 0.1) is 11.3 Å². The number of likely N-dealkylation sites (tertiary alicyclic amines) is 1. The van der Waals surface area contributed by atoms with Crippen LogP contribution in [0.2, 0.25) is 10.0 Å². The van der Waals surface area contributed by atoms with Gasteiger partial charge in [0.1, 0.15) is 0 Å². The van der Waals surface area contributed by atoms with E-state index < -0.39 is 5.41 Å². The summed E-state index contributed by atoms with van der Waals surface area (Å²) in [7, 11) is 0. The lowest BCUT2D eigenvalue weighted by Gasteiger charge is -2.52. The van der Waals surface area contributed by atoms with E-state index in [-0.39, 0.29) is 23.9 Å². The zero-order valence-corrected chi connectivity index (χ0v) is 19.4. The summed E-state index contributed by atoms with van der Waals surface area (Å²) in [5.74, 6) is 0.734. The topological polar surface area (TPSA) is 46.3 Å². The summed E-state index contributed by atoms with van der Waals surface area (Å²) in [6.45, 7) is 6.47. The van der Waals surface area contributed by atoms with Crippen molar-refractivity contribution in [2.75, 3.05) is 6.54 Å². The van der Waals surface area contributed by atoms with Crippen LogP contribution in [-0.2, 0) is 4.79 Å². The van der Waals surface area contributed by atoms with E-state index in [2.05, 4.69) is 24.5 Å². The first-order valence-corrected chi connectivity index (χ1v) is 11.8. The molecule has 4 atom stereocenters. The molecule has 0 spiro atoms. The Bertz CT molecular complexity index is 956. The van der Waals surface area contributed by atoms with E-state index in [0.717, 1.165) is 30.4 Å². The van der Waals surface area contributed by atoms with Gasteiger partial charge in [-0.05, 0) is 67.0 Å². The maximum Gasteiger partial charge on any atom is 0.229 e. The van der Waals surface area contributed by atoms with Gasteiger partial charge >= 0.3 is 0 Å². The molecule has 2 aliphatic rings. The molecule has 164 valence electrons. The number of allylic oxidation sites excluding steroid dienone is 1. The lowest BCUT2D eigenvalue weighted by Crippen LogP contribution is -2.57. The smallest absolute Gasteiger partial charge is 0.229 e. The average molecular weight is 457 g/mol. The Morgan fingerprint density at radius 2 is 1.87 bits per heavy atom. The number of hydrogen-bond donors (Lipinski definition) is 1. The Balaban J connectivity index is 1.89. The number of nitrogens with zero attached hydrogens (tertiary/aromatic N) is 1. The third-order valence-corrected chi connectivity index (χ3v) is 7.44. The van der Waals surface area contributed by atoms with E-state index >= 15 is 0 Å². The molecule has 2 aromatic rings. The number of piperidine rings is 1. The first-order chi connectivity index (χ1) is 14.9. The zero-order valence-electron chi connectivity index (χ0n) is 17.9. The lowest BCUT2D eigenvalue weighted by molar-refractivity contribution is -0.154. The standard InChI is InChI=1S/C26H30Cl2N2O/c1-3-13-26(2)15-22(19-5-4-6-21(28)14-19)24(18-9-11-20(27)12-10-18)30(25(26)31)23(16-29)17-7-8-17/h3-6,9-12,14,17,22-24H,1,7-8,13,15-16,29H2,2H3/t22-,23+,24-,26+/m1/s1. The minimum atomic E-state index is -0.528. The van der Waals surface area contributed by atoms with Gasteiger partial charge in [0.25, 0.3) is 0 Å². The van der Waals surface area contributed by atoms with Crippen molar-refractivity contribution in [1.29, 1.82) is 0 Å². The molecule has 1 amide bonds. The Morgan fingerprint density at radius 1 is 1.16 bits per heavy atom. The molecular weight excluding hydrogens is 427 g/mol. The fourth-order valence-electron chi connectivity index (χ4n) is 5.27. The SMILES string of the molecule is C=CC[C@@]1(C)C[C@H](c2cccc(Cl)c2)[C@@H](c2ccc(Cl)cc2)N([C@@H](CN)C2CC2)C1=O. The molecule has 31 heavy (non-hydrogen) atoms. The van der Waals surface area contributed by atoms with Gasteiger partial charge in [-0.1, -0.05) is 60.5 Å². The number of hydrogen-bond acceptors (Lipinski definition) is 2. The third kappa shape index (κ3) is 4.41. The van der Waals surface area contributed by atoms with Gasteiger partial charge in [0, 0.05) is 28.5 Å². The van der Waals surface area contributed by atoms with Gasteiger partial charge in [-0.2, -0.15) is 0 Å². The predicted octanol–water partition coefficient (Wildman–Crippen LogP) is 6.37. The van der Waals surface area contributed by atoms with Gasteiger partial charge in [0.15, 0.2) is 0 Å². The van der Waals surface area contributed by atoms with E-state index in [4.69, 9.17) is 28.9 Å². The molecule has 5 heteroatoms. The molecule has 1 saturated carbocycles. The predicted molar refractivity (Wildman–Crippen MR) is 128 cm³/mol. The van der Waals surface area contributed by atoms with Gasteiger partial charge in [0.2, 0.25) is 5.91 Å². The summed E-state index contributed by atoms with van der Waals surface area (Å²) in [5.41, 5.74) is 7.99. The molecule has 1 saturated heterocycles. The molecule has 1 heterocycles. The van der Waals surface area contributed by atoms with Crippen LogP contribution >= 0.6 is 23.2 Å². The largest absolute Gasteiger partial charge is 0.330 e. The summed E-state index contributed by atoms with van der Waals surface area (Å²) < 4.78 is 0. The molecule has 0 aromatic heterocycles. The van der Waals surface area contributed by atoms with Crippen molar-refractivity contribution in [3.05, 3.63) is 82.4 Å². The minimum Gasteiger partial charge on any atom is -0.330 e. The van der Waals surface area contributed by atoms with Gasteiger partial charge < -0.3 is 10.6 Å². The van der Waals surface area contributed by atoms with Crippen LogP contribution in [-0.4, -0.2) is 23.4 Å². The number of rotatable bonds is 7. The quantitative estimate of drug-likeness (QED) is 0.491. The van der Waals surface area contributed by atoms with Crippen LogP contribution in [0.5, 0.6) is 0 Å². The maximum absolute atomic E-state index is 14.0. The number of carbonyl (C=O) groups is 1. The molecule has 2 N–H and O–H groups in total. The summed E-state index contributed by atoms with van der Waals surface area (Å²) in [6.07, 6.45) is 5.47. The highest BCUT2D eigenvalue weighted by atomic mass is 35.5. The molecule has 0 unspecified atom stereocenters. The molecule has 4 rings (SSSR count). The van der Waals surface area contributed by atoms with Crippen molar-refractivity contribution in [2.45, 2.75) is 50.6 Å². The van der Waals surface area contributed by atoms with E-state index in [1.165, 1.54) is 0 Å². The summed E-state index contributed by atoms with van der Waals surface area (Å²) >= 11 is 12.6. The molecular formula is C26H30Cl2N2O. The Hall–Kier alpha value is -1.81. The van der Waals surface area contributed by atoms with Crippen molar-refractivity contribution in [1.82, 2.24) is 4.90 Å². The molecule has 2 aromatic carbocycles. The van der Waals surface area contributed by atoms with Crippen LogP contribution in [0.4, 0.5) is 0 Å². The highest BCUT2D eigenvalue weighted by Crippen LogP contribution is 2.53. The Morgan fingerprint density at radius 3 is 2.45 bits per heavy atom. The van der Waals surface area contributed by atoms with E-state index in [9.17, 15) is 4.79 Å². The van der Waals surface area contributed by atoms with Gasteiger partial charge in [-0.25, -0.2) is 0 Å². The van der Waals surface area contributed by atoms with Crippen molar-refractivity contribution in [2.24, 2.45) is 17.1 Å². The van der Waals surface area contributed by atoms with Crippen molar-refractivity contribution in [3.8, 4) is 0 Å². The molecule has 3 nitrogen and oxygen atoms in total. The number of benzene rings is 2. The lowest BCUT2D eigenvalue weighted by atomic mass is 9.67. The van der Waals surface area contributed by atoms with E-state index in [1.807, 2.05) is 48.5 Å². The molecule has 1 aliphatic carbocycles. The first kappa shape index (κ1) is 22.4. The minimum absolute atomic E-state index is 0.0271. The van der Waals surface area contributed by atoms with Crippen molar-refractivity contribution < 1.29 is 4.79 Å². The van der Waals surface area contributed by atoms with Crippen LogP contribution in [0.1, 0.15) is 55.7 Å². The number of carbonyl (C=O) groups excluding carboxylic acids is 1.